The average molecular weight is 510 g/mol. The molecule has 192 valence electrons. The van der Waals surface area contributed by atoms with E-state index in [0.717, 1.165) is 16.5 Å². The molecule has 0 radical (unpaired) electrons. The number of nitrogens with one attached hydrogen (secondary N) is 1. The number of carbonyl (C=O) groups is 1. The summed E-state index contributed by atoms with van der Waals surface area (Å²) in [6.45, 7) is 3.81. The van der Waals surface area contributed by atoms with Crippen molar-refractivity contribution in [3.8, 4) is 16.8 Å². The summed E-state index contributed by atoms with van der Waals surface area (Å²) in [7, 11) is 1.84. The summed E-state index contributed by atoms with van der Waals surface area (Å²) >= 11 is 0. The highest BCUT2D eigenvalue weighted by atomic mass is 16.5. The summed E-state index contributed by atoms with van der Waals surface area (Å²) in [5.41, 5.74) is 8.83. The van der Waals surface area contributed by atoms with Gasteiger partial charge in [-0.15, -0.1) is 0 Å². The molecule has 10 nitrogen and oxygen atoms in total. The van der Waals surface area contributed by atoms with Gasteiger partial charge in [-0.2, -0.15) is 10.1 Å². The van der Waals surface area contributed by atoms with Crippen LogP contribution in [0.5, 0.6) is 0 Å². The zero-order valence-electron chi connectivity index (χ0n) is 21.3. The number of nitrogens with two attached hydrogens (primary N) is 1. The lowest BCUT2D eigenvalue weighted by Crippen LogP contribution is -2.26. The minimum absolute atomic E-state index is 0.00724. The predicted molar refractivity (Wildman–Crippen MR) is 146 cm³/mol. The van der Waals surface area contributed by atoms with Gasteiger partial charge in [-0.05, 0) is 43.0 Å². The van der Waals surface area contributed by atoms with Gasteiger partial charge in [0.25, 0.3) is 5.56 Å². The van der Waals surface area contributed by atoms with Gasteiger partial charge >= 0.3 is 5.97 Å². The lowest BCUT2D eigenvalue weighted by Gasteiger charge is -2.22. The van der Waals surface area contributed by atoms with Crippen LogP contribution in [0.4, 0.5) is 11.8 Å². The lowest BCUT2D eigenvalue weighted by atomic mass is 9.99. The summed E-state index contributed by atoms with van der Waals surface area (Å²) < 4.78 is 8.54. The van der Waals surface area contributed by atoms with E-state index in [4.69, 9.17) is 10.5 Å². The number of ether oxygens (including phenoxy) is 1. The Labute approximate surface area is 218 Å². The maximum Gasteiger partial charge on any atom is 0.343 e. The van der Waals surface area contributed by atoms with Crippen LogP contribution in [0.3, 0.4) is 0 Å². The van der Waals surface area contributed by atoms with E-state index >= 15 is 0 Å². The first-order valence-corrected chi connectivity index (χ1v) is 12.2. The van der Waals surface area contributed by atoms with Crippen molar-refractivity contribution in [1.29, 1.82) is 0 Å². The molecule has 3 heterocycles. The van der Waals surface area contributed by atoms with Crippen molar-refractivity contribution in [2.24, 2.45) is 7.05 Å². The van der Waals surface area contributed by atoms with E-state index in [-0.39, 0.29) is 29.5 Å². The van der Waals surface area contributed by atoms with Crippen LogP contribution >= 0.6 is 0 Å². The minimum atomic E-state index is -0.567. The van der Waals surface area contributed by atoms with Crippen LogP contribution in [0.25, 0.3) is 27.6 Å². The standard InChI is InChI=1S/C28H27N7O3/c1-4-38-27(37)22-15-30-28(29)33-25(22)32-17(2)23-13-18-9-8-12-21(19-14-31-34(3)16-19)24(18)26(36)35(23)20-10-6-5-7-11-20/h5-17H,4H2,1-3H3,(H3,29,30,32,33)/t17-/m0/s1. The fourth-order valence-electron chi connectivity index (χ4n) is 4.49. The SMILES string of the molecule is CCOC(=O)c1cnc(N)nc1N[C@@H](C)c1cc2cccc(-c3cnn(C)c3)c2c(=O)n1-c1ccccc1. The third-order valence-corrected chi connectivity index (χ3v) is 6.21. The van der Waals surface area contributed by atoms with Gasteiger partial charge in [-0.25, -0.2) is 9.78 Å². The van der Waals surface area contributed by atoms with Crippen LogP contribution in [-0.4, -0.2) is 36.9 Å². The summed E-state index contributed by atoms with van der Waals surface area (Å²) in [5, 5.41) is 8.90. The molecule has 0 spiro atoms. The number of rotatable bonds is 7. The van der Waals surface area contributed by atoms with Crippen molar-refractivity contribution >= 4 is 28.5 Å². The molecule has 3 aromatic heterocycles. The molecule has 5 rings (SSSR count). The normalized spacial score (nSPS) is 11.9. The van der Waals surface area contributed by atoms with Crippen molar-refractivity contribution in [3.63, 3.8) is 0 Å². The number of hydrogen-bond acceptors (Lipinski definition) is 8. The molecule has 10 heteroatoms. The van der Waals surface area contributed by atoms with Gasteiger partial charge in [0.15, 0.2) is 0 Å². The molecule has 3 N–H and O–H groups in total. The third-order valence-electron chi connectivity index (χ3n) is 6.21. The number of aryl methyl sites for hydroxylation is 1. The number of carbonyl (C=O) groups excluding carboxylic acids is 1. The summed E-state index contributed by atoms with van der Waals surface area (Å²) in [6.07, 6.45) is 4.96. The largest absolute Gasteiger partial charge is 0.462 e. The molecule has 38 heavy (non-hydrogen) atoms. The van der Waals surface area contributed by atoms with Crippen LogP contribution in [0, 0.1) is 0 Å². The van der Waals surface area contributed by atoms with Crippen molar-refractivity contribution in [2.45, 2.75) is 19.9 Å². The fourth-order valence-corrected chi connectivity index (χ4v) is 4.49. The number of nitrogens with zero attached hydrogens (tertiary/aromatic N) is 5. The minimum Gasteiger partial charge on any atom is -0.462 e. The van der Waals surface area contributed by atoms with Gasteiger partial charge in [0, 0.05) is 36.4 Å². The van der Waals surface area contributed by atoms with Gasteiger partial charge in [0.1, 0.15) is 11.4 Å². The summed E-state index contributed by atoms with van der Waals surface area (Å²) in [4.78, 5) is 34.9. The lowest BCUT2D eigenvalue weighted by molar-refractivity contribution is 0.0526. The van der Waals surface area contributed by atoms with Crippen LogP contribution in [0.15, 0.2) is 78.0 Å². The topological polar surface area (TPSA) is 130 Å². The highest BCUT2D eigenvalue weighted by Gasteiger charge is 2.22. The van der Waals surface area contributed by atoms with Crippen LogP contribution in [0.1, 0.15) is 35.9 Å². The van der Waals surface area contributed by atoms with Gasteiger partial charge in [-0.3, -0.25) is 14.0 Å². The monoisotopic (exact) mass is 509 g/mol. The van der Waals surface area contributed by atoms with Crippen molar-refractivity contribution < 1.29 is 9.53 Å². The molecule has 0 aliphatic carbocycles. The van der Waals surface area contributed by atoms with E-state index in [1.165, 1.54) is 6.20 Å². The van der Waals surface area contributed by atoms with Crippen molar-refractivity contribution in [1.82, 2.24) is 24.3 Å². The second-order valence-electron chi connectivity index (χ2n) is 8.79. The molecule has 5 aromatic rings. The highest BCUT2D eigenvalue weighted by Crippen LogP contribution is 2.30. The number of fused-ring (bicyclic) bond motifs is 1. The number of pyridine rings is 1. The van der Waals surface area contributed by atoms with Crippen LogP contribution < -0.4 is 16.6 Å². The van der Waals surface area contributed by atoms with E-state index in [1.807, 2.05) is 74.8 Å². The first-order valence-electron chi connectivity index (χ1n) is 12.2. The molecule has 1 atom stereocenters. The number of para-hydroxylation sites is 1. The molecular weight excluding hydrogens is 482 g/mol. The molecular formula is C28H27N7O3. The zero-order chi connectivity index (χ0) is 26.8. The van der Waals surface area contributed by atoms with E-state index in [9.17, 15) is 9.59 Å². The number of hydrogen-bond donors (Lipinski definition) is 2. The van der Waals surface area contributed by atoms with Gasteiger partial charge in [0.05, 0.1) is 24.2 Å². The van der Waals surface area contributed by atoms with Gasteiger partial charge in [0.2, 0.25) is 5.95 Å². The fraction of sp³-hybridized carbons (Fsp3) is 0.179. The first-order chi connectivity index (χ1) is 18.4. The Bertz CT molecular complexity index is 1690. The van der Waals surface area contributed by atoms with E-state index in [0.29, 0.717) is 16.8 Å². The molecule has 0 saturated carbocycles. The Morgan fingerprint density at radius 3 is 2.63 bits per heavy atom. The van der Waals surface area contributed by atoms with E-state index in [1.54, 1.807) is 22.4 Å². The van der Waals surface area contributed by atoms with Crippen molar-refractivity contribution in [3.05, 3.63) is 94.8 Å². The Morgan fingerprint density at radius 1 is 1.13 bits per heavy atom. The first kappa shape index (κ1) is 24.7. The van der Waals surface area contributed by atoms with E-state index < -0.39 is 12.0 Å². The summed E-state index contributed by atoms with van der Waals surface area (Å²) in [6, 6.07) is 16.7. The predicted octanol–water partition coefficient (Wildman–Crippen LogP) is 4.11. The molecule has 0 amide bonds. The molecule has 0 aliphatic heterocycles. The highest BCUT2D eigenvalue weighted by molar-refractivity contribution is 5.97. The second-order valence-corrected chi connectivity index (χ2v) is 8.79. The average Bonchev–Trinajstić information content (AvgIpc) is 3.35. The van der Waals surface area contributed by atoms with Crippen molar-refractivity contribution in [2.75, 3.05) is 17.7 Å². The van der Waals surface area contributed by atoms with Crippen LogP contribution in [0.2, 0.25) is 0 Å². The van der Waals surface area contributed by atoms with Crippen LogP contribution in [-0.2, 0) is 11.8 Å². The number of aromatic nitrogens is 5. The Kier molecular flexibility index (Phi) is 6.61. The summed E-state index contributed by atoms with van der Waals surface area (Å²) in [5.74, 6) is -0.338. The molecule has 0 aliphatic rings. The zero-order valence-corrected chi connectivity index (χ0v) is 21.3. The van der Waals surface area contributed by atoms with Gasteiger partial charge < -0.3 is 15.8 Å². The Balaban J connectivity index is 1.70. The number of benzene rings is 2. The van der Waals surface area contributed by atoms with E-state index in [2.05, 4.69) is 20.4 Å². The van der Waals surface area contributed by atoms with Gasteiger partial charge in [-0.1, -0.05) is 36.4 Å². The quantitative estimate of drug-likeness (QED) is 0.314. The molecule has 0 saturated heterocycles. The third kappa shape index (κ3) is 4.59. The second kappa shape index (κ2) is 10.2. The number of esters is 1. The molecule has 0 fully saturated rings. The number of nitrogen functional groups attached to an aromatic ring is 1. The smallest absolute Gasteiger partial charge is 0.343 e. The Morgan fingerprint density at radius 2 is 1.92 bits per heavy atom. The Hall–Kier alpha value is -4.99. The maximum atomic E-state index is 14.2. The molecule has 0 bridgehead atoms. The number of anilines is 2. The molecule has 2 aromatic carbocycles. The molecule has 0 unspecified atom stereocenters. The maximum absolute atomic E-state index is 14.2.